The number of aromatic nitrogens is 3. The van der Waals surface area contributed by atoms with Crippen LogP contribution in [0.25, 0.3) is 21.8 Å². The summed E-state index contributed by atoms with van der Waals surface area (Å²) >= 11 is 1.52. The van der Waals surface area contributed by atoms with Crippen LogP contribution in [0.4, 0.5) is 0 Å². The van der Waals surface area contributed by atoms with Crippen molar-refractivity contribution in [2.45, 2.75) is 6.92 Å². The molecule has 2 aromatic heterocycles. The highest BCUT2D eigenvalue weighted by Gasteiger charge is 2.22. The van der Waals surface area contributed by atoms with Crippen LogP contribution in [-0.2, 0) is 0 Å². The minimum atomic E-state index is 0.0235. The maximum absolute atomic E-state index is 10.6. The van der Waals surface area contributed by atoms with Gasteiger partial charge in [-0.3, -0.25) is 0 Å². The molecule has 0 fully saturated rings. The second-order valence-corrected chi connectivity index (χ2v) is 5.92. The van der Waals surface area contributed by atoms with Crippen molar-refractivity contribution in [1.29, 1.82) is 0 Å². The van der Waals surface area contributed by atoms with Crippen LogP contribution in [0.1, 0.15) is 5.69 Å². The Hall–Kier alpha value is -2.67. The Morgan fingerprint density at radius 1 is 1.17 bits per heavy atom. The highest BCUT2D eigenvalue weighted by atomic mass is 32.1. The highest BCUT2D eigenvalue weighted by molar-refractivity contribution is 7.13. The standard InChI is InChI=1S/C16H13N3O3S/c1-9-7-23-16(19-9)11-6-17-8-18-13(11)10-2-3-12-15(14(10)20)22-5-4-21-12/h2-3,6-8,20H,4-5H2,1H3. The Bertz CT molecular complexity index is 879. The van der Waals surface area contributed by atoms with E-state index < -0.39 is 0 Å². The Morgan fingerprint density at radius 2 is 2.04 bits per heavy atom. The smallest absolute Gasteiger partial charge is 0.204 e. The van der Waals surface area contributed by atoms with Crippen LogP contribution in [0, 0.1) is 6.92 Å². The van der Waals surface area contributed by atoms with E-state index in [-0.39, 0.29) is 5.75 Å². The number of aryl methyl sites for hydroxylation is 1. The number of nitrogens with zero attached hydrogens (tertiary/aromatic N) is 3. The van der Waals surface area contributed by atoms with Crippen molar-refractivity contribution in [3.05, 3.63) is 35.7 Å². The zero-order valence-corrected chi connectivity index (χ0v) is 13.1. The Balaban J connectivity index is 1.89. The summed E-state index contributed by atoms with van der Waals surface area (Å²) in [5.74, 6) is 0.919. The predicted octanol–water partition coefficient (Wildman–Crippen LogP) is 3.05. The highest BCUT2D eigenvalue weighted by Crippen LogP contribution is 2.46. The fourth-order valence-corrected chi connectivity index (χ4v) is 3.28. The molecule has 0 spiro atoms. The molecule has 0 unspecified atom stereocenters. The molecule has 6 nitrogen and oxygen atoms in total. The minimum Gasteiger partial charge on any atom is -0.504 e. The van der Waals surface area contributed by atoms with Crippen molar-refractivity contribution in [3.63, 3.8) is 0 Å². The summed E-state index contributed by atoms with van der Waals surface area (Å²) < 4.78 is 11.0. The molecule has 0 atom stereocenters. The number of hydrogen-bond acceptors (Lipinski definition) is 7. The molecule has 1 aliphatic heterocycles. The van der Waals surface area contributed by atoms with Gasteiger partial charge in [-0.1, -0.05) is 0 Å². The normalized spacial score (nSPS) is 13.1. The van der Waals surface area contributed by atoms with Gasteiger partial charge < -0.3 is 14.6 Å². The number of hydrogen-bond donors (Lipinski definition) is 1. The van der Waals surface area contributed by atoms with Crippen LogP contribution < -0.4 is 9.47 Å². The molecule has 23 heavy (non-hydrogen) atoms. The lowest BCUT2D eigenvalue weighted by Gasteiger charge is -2.20. The fraction of sp³-hybridized carbons (Fsp3) is 0.188. The van der Waals surface area contributed by atoms with Crippen LogP contribution in [0.2, 0.25) is 0 Å². The van der Waals surface area contributed by atoms with E-state index in [4.69, 9.17) is 9.47 Å². The third-order valence-corrected chi connectivity index (χ3v) is 4.49. The molecule has 1 aromatic carbocycles. The molecule has 0 saturated heterocycles. The van der Waals surface area contributed by atoms with Gasteiger partial charge in [0, 0.05) is 22.8 Å². The molecule has 1 aliphatic rings. The van der Waals surface area contributed by atoms with E-state index in [1.807, 2.05) is 12.3 Å². The molecular weight excluding hydrogens is 314 g/mol. The molecule has 0 radical (unpaired) electrons. The lowest BCUT2D eigenvalue weighted by atomic mass is 10.0. The average Bonchev–Trinajstić information content (AvgIpc) is 3.02. The monoisotopic (exact) mass is 327 g/mol. The van der Waals surface area contributed by atoms with Gasteiger partial charge in [-0.15, -0.1) is 11.3 Å². The zero-order chi connectivity index (χ0) is 15.8. The second kappa shape index (κ2) is 5.51. The second-order valence-electron chi connectivity index (χ2n) is 5.06. The van der Waals surface area contributed by atoms with E-state index in [1.54, 1.807) is 18.3 Å². The third-order valence-electron chi connectivity index (χ3n) is 3.50. The lowest BCUT2D eigenvalue weighted by molar-refractivity contribution is 0.166. The van der Waals surface area contributed by atoms with Gasteiger partial charge in [0.1, 0.15) is 24.5 Å². The summed E-state index contributed by atoms with van der Waals surface area (Å²) in [5, 5.41) is 13.4. The Kier molecular flexibility index (Phi) is 3.34. The number of rotatable bonds is 2. The number of aromatic hydroxyl groups is 1. The van der Waals surface area contributed by atoms with E-state index in [1.165, 1.54) is 17.7 Å². The molecule has 0 bridgehead atoms. The Morgan fingerprint density at radius 3 is 2.87 bits per heavy atom. The SMILES string of the molecule is Cc1csc(-c2cncnc2-c2ccc3c(c2O)OCCO3)n1. The molecule has 3 heterocycles. The van der Waals surface area contributed by atoms with E-state index >= 15 is 0 Å². The number of benzene rings is 1. The van der Waals surface area contributed by atoms with Gasteiger partial charge in [-0.25, -0.2) is 15.0 Å². The molecule has 7 heteroatoms. The summed E-state index contributed by atoms with van der Waals surface area (Å²) in [6.07, 6.45) is 3.16. The predicted molar refractivity (Wildman–Crippen MR) is 86.0 cm³/mol. The van der Waals surface area contributed by atoms with Gasteiger partial charge in [0.2, 0.25) is 5.75 Å². The topological polar surface area (TPSA) is 77.4 Å². The molecule has 116 valence electrons. The minimum absolute atomic E-state index is 0.0235. The molecule has 0 saturated carbocycles. The molecule has 4 rings (SSSR count). The van der Waals surface area contributed by atoms with Crippen LogP contribution in [0.15, 0.2) is 30.0 Å². The van der Waals surface area contributed by atoms with Gasteiger partial charge in [0.25, 0.3) is 0 Å². The van der Waals surface area contributed by atoms with Crippen molar-refractivity contribution in [2.24, 2.45) is 0 Å². The Labute approximate surface area is 136 Å². The van der Waals surface area contributed by atoms with Crippen molar-refractivity contribution in [1.82, 2.24) is 15.0 Å². The summed E-state index contributed by atoms with van der Waals surface area (Å²) in [7, 11) is 0. The summed E-state index contributed by atoms with van der Waals surface area (Å²) in [6, 6.07) is 3.55. The van der Waals surface area contributed by atoms with Gasteiger partial charge in [-0.2, -0.15) is 0 Å². The first-order valence-electron chi connectivity index (χ1n) is 7.08. The maximum Gasteiger partial charge on any atom is 0.204 e. The van der Waals surface area contributed by atoms with Crippen LogP contribution in [0.5, 0.6) is 17.2 Å². The zero-order valence-electron chi connectivity index (χ0n) is 12.3. The van der Waals surface area contributed by atoms with E-state index in [0.29, 0.717) is 36.0 Å². The average molecular weight is 327 g/mol. The quantitative estimate of drug-likeness (QED) is 0.779. The van der Waals surface area contributed by atoms with Gasteiger partial charge in [0.15, 0.2) is 11.5 Å². The first kappa shape index (κ1) is 14.0. The fourth-order valence-electron chi connectivity index (χ4n) is 2.47. The molecule has 3 aromatic rings. The summed E-state index contributed by atoms with van der Waals surface area (Å²) in [4.78, 5) is 12.9. The van der Waals surface area contributed by atoms with Crippen LogP contribution in [0.3, 0.4) is 0 Å². The van der Waals surface area contributed by atoms with E-state index in [9.17, 15) is 5.11 Å². The van der Waals surface area contributed by atoms with E-state index in [2.05, 4.69) is 15.0 Å². The number of phenolic OH excluding ortho intramolecular Hbond substituents is 1. The molecule has 0 amide bonds. The van der Waals surface area contributed by atoms with Gasteiger partial charge in [-0.05, 0) is 19.1 Å². The van der Waals surface area contributed by atoms with Crippen molar-refractivity contribution in [3.8, 4) is 39.1 Å². The molecular formula is C16H13N3O3S. The maximum atomic E-state index is 10.6. The van der Waals surface area contributed by atoms with Crippen molar-refractivity contribution in [2.75, 3.05) is 13.2 Å². The van der Waals surface area contributed by atoms with Crippen molar-refractivity contribution >= 4 is 11.3 Å². The third kappa shape index (κ3) is 2.39. The summed E-state index contributed by atoms with van der Waals surface area (Å²) in [6.45, 7) is 2.82. The van der Waals surface area contributed by atoms with Gasteiger partial charge >= 0.3 is 0 Å². The number of ether oxygens (including phenoxy) is 2. The number of thiazole rings is 1. The summed E-state index contributed by atoms with van der Waals surface area (Å²) in [5.41, 5.74) is 2.90. The number of phenols is 1. The van der Waals surface area contributed by atoms with Crippen molar-refractivity contribution < 1.29 is 14.6 Å². The van der Waals surface area contributed by atoms with Crippen LogP contribution >= 0.6 is 11.3 Å². The first-order chi connectivity index (χ1) is 11.2. The van der Waals surface area contributed by atoms with E-state index in [0.717, 1.165) is 16.3 Å². The lowest BCUT2D eigenvalue weighted by Crippen LogP contribution is -2.15. The molecule has 1 N–H and O–H groups in total. The van der Waals surface area contributed by atoms with Gasteiger partial charge in [0.05, 0.1) is 11.3 Å². The first-order valence-corrected chi connectivity index (χ1v) is 7.96. The van der Waals surface area contributed by atoms with Crippen LogP contribution in [-0.4, -0.2) is 33.3 Å². The molecule has 0 aliphatic carbocycles. The number of fused-ring (bicyclic) bond motifs is 1. The largest absolute Gasteiger partial charge is 0.504 e.